The fourth-order valence-electron chi connectivity index (χ4n) is 3.33. The number of likely N-dealkylation sites (tertiary alicyclic amines) is 1. The normalized spacial score (nSPS) is 15.1. The molecule has 0 radical (unpaired) electrons. The van der Waals surface area contributed by atoms with E-state index in [1.165, 1.54) is 45.3 Å². The summed E-state index contributed by atoms with van der Waals surface area (Å²) in [6, 6.07) is 7.45. The Balaban J connectivity index is 1.37. The molecular formula is C20H27ClN4O. The molecule has 2 aromatic rings. The molecule has 1 fully saturated rings. The molecule has 0 spiro atoms. The van der Waals surface area contributed by atoms with Crippen LogP contribution in [0.3, 0.4) is 0 Å². The molecule has 5 nitrogen and oxygen atoms in total. The van der Waals surface area contributed by atoms with Gasteiger partial charge < -0.3 is 10.2 Å². The van der Waals surface area contributed by atoms with Crippen LogP contribution in [0.1, 0.15) is 48.9 Å². The Labute approximate surface area is 160 Å². The summed E-state index contributed by atoms with van der Waals surface area (Å²) in [5.41, 5.74) is 1.32. The van der Waals surface area contributed by atoms with E-state index in [4.69, 9.17) is 11.6 Å². The lowest BCUT2D eigenvalue weighted by Crippen LogP contribution is -2.30. The second-order valence-electron chi connectivity index (χ2n) is 6.84. The lowest BCUT2D eigenvalue weighted by atomic mass is 10.1. The van der Waals surface area contributed by atoms with E-state index in [0.29, 0.717) is 17.1 Å². The van der Waals surface area contributed by atoms with Gasteiger partial charge in [0.1, 0.15) is 0 Å². The Morgan fingerprint density at radius 2 is 1.92 bits per heavy atom. The van der Waals surface area contributed by atoms with Gasteiger partial charge in [-0.2, -0.15) is 5.10 Å². The number of aromatic nitrogens is 2. The van der Waals surface area contributed by atoms with Gasteiger partial charge in [-0.05, 0) is 57.5 Å². The lowest BCUT2D eigenvalue weighted by Gasteiger charge is -2.26. The zero-order chi connectivity index (χ0) is 18.2. The third-order valence-corrected chi connectivity index (χ3v) is 5.15. The van der Waals surface area contributed by atoms with Crippen LogP contribution >= 0.6 is 11.6 Å². The Morgan fingerprint density at radius 1 is 1.12 bits per heavy atom. The van der Waals surface area contributed by atoms with Crippen molar-refractivity contribution in [1.82, 2.24) is 20.0 Å². The average molecular weight is 375 g/mol. The number of amides is 1. The van der Waals surface area contributed by atoms with Gasteiger partial charge in [-0.25, -0.2) is 4.68 Å². The number of hydrogen-bond acceptors (Lipinski definition) is 3. The molecule has 1 aromatic carbocycles. The number of halogens is 1. The lowest BCUT2D eigenvalue weighted by molar-refractivity contribution is 0.0953. The number of benzene rings is 1. The molecule has 2 heterocycles. The maximum absolute atomic E-state index is 12.2. The molecule has 0 unspecified atom stereocenters. The second kappa shape index (κ2) is 9.74. The van der Waals surface area contributed by atoms with Crippen LogP contribution in [0.5, 0.6) is 0 Å². The summed E-state index contributed by atoms with van der Waals surface area (Å²) >= 11 is 6.17. The predicted octanol–water partition coefficient (Wildman–Crippen LogP) is 3.91. The van der Waals surface area contributed by atoms with E-state index in [-0.39, 0.29) is 5.91 Å². The summed E-state index contributed by atoms with van der Waals surface area (Å²) in [5.74, 6) is -0.0839. The van der Waals surface area contributed by atoms with Crippen molar-refractivity contribution in [2.75, 3.05) is 26.2 Å². The maximum atomic E-state index is 12.2. The minimum absolute atomic E-state index is 0.0839. The fourth-order valence-corrected chi connectivity index (χ4v) is 3.56. The SMILES string of the molecule is O=C(NCCCCCN1CCCCC1)c1cnn(-c2ccccc2Cl)c1. The van der Waals surface area contributed by atoms with Crippen molar-refractivity contribution in [3.05, 3.63) is 47.2 Å². The summed E-state index contributed by atoms with van der Waals surface area (Å²) in [7, 11) is 0. The van der Waals surface area contributed by atoms with Gasteiger partial charge in [-0.1, -0.05) is 36.6 Å². The number of rotatable bonds is 8. The van der Waals surface area contributed by atoms with Crippen molar-refractivity contribution in [3.8, 4) is 5.69 Å². The van der Waals surface area contributed by atoms with E-state index in [2.05, 4.69) is 15.3 Å². The van der Waals surface area contributed by atoms with E-state index in [1.807, 2.05) is 24.3 Å². The summed E-state index contributed by atoms with van der Waals surface area (Å²) < 4.78 is 1.63. The van der Waals surface area contributed by atoms with Gasteiger partial charge in [0.05, 0.1) is 22.5 Å². The molecule has 1 amide bonds. The van der Waals surface area contributed by atoms with Crippen LogP contribution in [0.15, 0.2) is 36.7 Å². The molecule has 1 saturated heterocycles. The zero-order valence-corrected chi connectivity index (χ0v) is 15.9. The van der Waals surface area contributed by atoms with Gasteiger partial charge in [0.2, 0.25) is 0 Å². The molecule has 3 rings (SSSR count). The molecule has 1 aromatic heterocycles. The standard InChI is InChI=1S/C20H27ClN4O/c21-18-9-3-4-10-19(18)25-16-17(15-23-25)20(26)22-11-5-1-6-12-24-13-7-2-8-14-24/h3-4,9-10,15-16H,1-2,5-8,11-14H2,(H,22,26). The minimum Gasteiger partial charge on any atom is -0.352 e. The van der Waals surface area contributed by atoms with Crippen molar-refractivity contribution in [1.29, 1.82) is 0 Å². The smallest absolute Gasteiger partial charge is 0.254 e. The molecule has 0 saturated carbocycles. The van der Waals surface area contributed by atoms with Crippen LogP contribution in [0.2, 0.25) is 5.02 Å². The average Bonchev–Trinajstić information content (AvgIpc) is 3.15. The van der Waals surface area contributed by atoms with Crippen molar-refractivity contribution < 1.29 is 4.79 Å². The third-order valence-electron chi connectivity index (χ3n) is 4.83. The Hall–Kier alpha value is -1.85. The van der Waals surface area contributed by atoms with Gasteiger partial charge in [0.15, 0.2) is 0 Å². The van der Waals surface area contributed by atoms with Crippen LogP contribution in [0.25, 0.3) is 5.69 Å². The highest BCUT2D eigenvalue weighted by Gasteiger charge is 2.11. The molecule has 1 aliphatic rings. The summed E-state index contributed by atoms with van der Waals surface area (Å²) in [5, 5.41) is 7.83. The molecule has 26 heavy (non-hydrogen) atoms. The van der Waals surface area contributed by atoms with Crippen LogP contribution in [0.4, 0.5) is 0 Å². The number of carbonyl (C=O) groups excluding carboxylic acids is 1. The summed E-state index contributed by atoms with van der Waals surface area (Å²) in [6.07, 6.45) is 10.7. The van der Waals surface area contributed by atoms with Crippen molar-refractivity contribution >= 4 is 17.5 Å². The predicted molar refractivity (Wildman–Crippen MR) is 105 cm³/mol. The highest BCUT2D eigenvalue weighted by Crippen LogP contribution is 2.19. The molecule has 0 aliphatic carbocycles. The molecule has 0 bridgehead atoms. The van der Waals surface area contributed by atoms with Crippen LogP contribution in [0, 0.1) is 0 Å². The van der Waals surface area contributed by atoms with Gasteiger partial charge in [0, 0.05) is 12.7 Å². The highest BCUT2D eigenvalue weighted by molar-refractivity contribution is 6.32. The molecule has 0 atom stereocenters. The van der Waals surface area contributed by atoms with E-state index >= 15 is 0 Å². The number of nitrogens with zero attached hydrogens (tertiary/aromatic N) is 3. The van der Waals surface area contributed by atoms with E-state index in [1.54, 1.807) is 17.1 Å². The summed E-state index contributed by atoms with van der Waals surface area (Å²) in [6.45, 7) is 4.41. The first-order chi connectivity index (χ1) is 12.7. The second-order valence-corrected chi connectivity index (χ2v) is 7.25. The Bertz CT molecular complexity index is 709. The Morgan fingerprint density at radius 3 is 2.73 bits per heavy atom. The van der Waals surface area contributed by atoms with E-state index in [0.717, 1.165) is 18.5 Å². The number of piperidine rings is 1. The van der Waals surface area contributed by atoms with Crippen molar-refractivity contribution in [2.24, 2.45) is 0 Å². The number of hydrogen-bond donors (Lipinski definition) is 1. The van der Waals surface area contributed by atoms with Gasteiger partial charge in [-0.15, -0.1) is 0 Å². The quantitative estimate of drug-likeness (QED) is 0.712. The van der Waals surface area contributed by atoms with E-state index < -0.39 is 0 Å². The van der Waals surface area contributed by atoms with Crippen molar-refractivity contribution in [3.63, 3.8) is 0 Å². The Kier molecular flexibility index (Phi) is 7.09. The van der Waals surface area contributed by atoms with Crippen molar-refractivity contribution in [2.45, 2.75) is 38.5 Å². The molecular weight excluding hydrogens is 348 g/mol. The largest absolute Gasteiger partial charge is 0.352 e. The van der Waals surface area contributed by atoms with Crippen LogP contribution in [-0.2, 0) is 0 Å². The highest BCUT2D eigenvalue weighted by atomic mass is 35.5. The number of carbonyl (C=O) groups is 1. The monoisotopic (exact) mass is 374 g/mol. The number of unbranched alkanes of at least 4 members (excludes halogenated alkanes) is 2. The minimum atomic E-state index is -0.0839. The number of para-hydroxylation sites is 1. The first kappa shape index (κ1) is 18.9. The first-order valence-corrected chi connectivity index (χ1v) is 9.92. The zero-order valence-electron chi connectivity index (χ0n) is 15.2. The summed E-state index contributed by atoms with van der Waals surface area (Å²) in [4.78, 5) is 14.8. The maximum Gasteiger partial charge on any atom is 0.254 e. The van der Waals surface area contributed by atoms with Gasteiger partial charge >= 0.3 is 0 Å². The third kappa shape index (κ3) is 5.32. The topological polar surface area (TPSA) is 50.2 Å². The van der Waals surface area contributed by atoms with Gasteiger partial charge in [0.25, 0.3) is 5.91 Å². The fraction of sp³-hybridized carbons (Fsp3) is 0.500. The molecule has 1 aliphatic heterocycles. The van der Waals surface area contributed by atoms with E-state index in [9.17, 15) is 4.79 Å². The number of nitrogens with one attached hydrogen (secondary N) is 1. The molecule has 1 N–H and O–H groups in total. The molecule has 140 valence electrons. The van der Waals surface area contributed by atoms with Gasteiger partial charge in [-0.3, -0.25) is 4.79 Å². The van der Waals surface area contributed by atoms with Crippen LogP contribution in [-0.4, -0.2) is 46.8 Å². The first-order valence-electron chi connectivity index (χ1n) is 9.54. The van der Waals surface area contributed by atoms with Crippen LogP contribution < -0.4 is 5.32 Å². The molecule has 6 heteroatoms.